The molecule has 1 N–H and O–H groups in total. The van der Waals surface area contributed by atoms with Crippen LogP contribution in [0.3, 0.4) is 0 Å². The summed E-state index contributed by atoms with van der Waals surface area (Å²) in [7, 11) is -5.92. The van der Waals surface area contributed by atoms with E-state index in [-0.39, 0.29) is 22.2 Å². The van der Waals surface area contributed by atoms with E-state index >= 15 is 0 Å². The number of ether oxygens (including phenoxy) is 1. The minimum atomic E-state index is -3.88. The Kier molecular flexibility index (Phi) is 6.20. The lowest BCUT2D eigenvalue weighted by atomic mass is 10.1. The maximum absolute atomic E-state index is 13.0. The topological polar surface area (TPSA) is 92.8 Å². The van der Waals surface area contributed by atoms with E-state index in [1.807, 2.05) is 0 Å². The second-order valence-electron chi connectivity index (χ2n) is 5.51. The predicted octanol–water partition coefficient (Wildman–Crippen LogP) is 1.81. The minimum absolute atomic E-state index is 0.0515. The second-order valence-corrected chi connectivity index (χ2v) is 10.5. The molecule has 136 valence electrons. The fourth-order valence-electron chi connectivity index (χ4n) is 2.63. The third-order valence-electron chi connectivity index (χ3n) is 3.56. The number of benzene rings is 1. The molecule has 1 aromatic rings. The molecule has 2 rings (SSSR count). The number of hydrogen-bond acceptors (Lipinski definition) is 5. The highest BCUT2D eigenvalue weighted by molar-refractivity contribution is 9.10. The summed E-state index contributed by atoms with van der Waals surface area (Å²) in [5.74, 6) is 0.164. The average Bonchev–Trinajstić information content (AvgIpc) is 2.45. The Balaban J connectivity index is 2.37. The molecule has 1 heterocycles. The summed E-state index contributed by atoms with van der Waals surface area (Å²) in [6.45, 7) is 0.361. The molecular weight excluding hydrogens is 444 g/mol. The van der Waals surface area contributed by atoms with E-state index in [0.29, 0.717) is 23.9 Å². The third kappa shape index (κ3) is 4.61. The fourth-order valence-corrected chi connectivity index (χ4v) is 6.32. The summed E-state index contributed by atoms with van der Waals surface area (Å²) in [6, 6.07) is 2.41. The van der Waals surface area contributed by atoms with E-state index in [9.17, 15) is 16.8 Å². The molecule has 0 aromatic heterocycles. The van der Waals surface area contributed by atoms with Crippen LogP contribution in [0.1, 0.15) is 12.8 Å². The number of piperidine rings is 1. The maximum atomic E-state index is 13.0. The molecule has 24 heavy (non-hydrogen) atoms. The zero-order chi connectivity index (χ0) is 18.1. The molecule has 1 saturated heterocycles. The summed E-state index contributed by atoms with van der Waals surface area (Å²) < 4.78 is 58.1. The molecule has 11 heteroatoms. The van der Waals surface area contributed by atoms with Crippen molar-refractivity contribution in [2.24, 2.45) is 0 Å². The molecule has 1 fully saturated rings. The van der Waals surface area contributed by atoms with Crippen LogP contribution in [0.2, 0.25) is 5.02 Å². The van der Waals surface area contributed by atoms with Gasteiger partial charge in [-0.2, -0.15) is 4.31 Å². The van der Waals surface area contributed by atoms with Crippen molar-refractivity contribution in [3.05, 3.63) is 21.6 Å². The number of nitrogens with one attached hydrogen (secondary N) is 1. The SMILES string of the molecule is COc1c(Br)cc(Cl)cc1S(=O)(=O)N1CCCC(NS(C)(=O)=O)C1. The van der Waals surface area contributed by atoms with Gasteiger partial charge in [-0.15, -0.1) is 0 Å². The van der Waals surface area contributed by atoms with Crippen LogP contribution < -0.4 is 9.46 Å². The van der Waals surface area contributed by atoms with Gasteiger partial charge in [0.1, 0.15) is 4.90 Å². The Bertz CT molecular complexity index is 829. The average molecular weight is 462 g/mol. The van der Waals surface area contributed by atoms with Crippen molar-refractivity contribution in [1.29, 1.82) is 0 Å². The van der Waals surface area contributed by atoms with Crippen molar-refractivity contribution in [2.45, 2.75) is 23.8 Å². The summed E-state index contributed by atoms with van der Waals surface area (Å²) in [5.41, 5.74) is 0. The van der Waals surface area contributed by atoms with E-state index in [0.717, 1.165) is 6.26 Å². The lowest BCUT2D eigenvalue weighted by Crippen LogP contribution is -2.49. The molecule has 1 aliphatic heterocycles. The third-order valence-corrected chi connectivity index (χ3v) is 7.00. The molecule has 1 aliphatic rings. The monoisotopic (exact) mass is 460 g/mol. The van der Waals surface area contributed by atoms with E-state index in [4.69, 9.17) is 16.3 Å². The molecule has 1 unspecified atom stereocenters. The number of sulfonamides is 2. The standard InChI is InChI=1S/C13H18BrClN2O5S2/c1-22-13-11(14)6-9(15)7-12(13)24(20,21)17-5-3-4-10(8-17)16-23(2,18)19/h6-7,10,16H,3-5,8H2,1-2H3. The van der Waals surface area contributed by atoms with Crippen molar-refractivity contribution in [2.75, 3.05) is 26.5 Å². The molecule has 0 aliphatic carbocycles. The van der Waals surface area contributed by atoms with Gasteiger partial charge >= 0.3 is 0 Å². The van der Waals surface area contributed by atoms with Gasteiger partial charge in [-0.3, -0.25) is 0 Å². The van der Waals surface area contributed by atoms with Gasteiger partial charge in [0.25, 0.3) is 0 Å². The van der Waals surface area contributed by atoms with E-state index in [1.54, 1.807) is 6.07 Å². The zero-order valence-corrected chi connectivity index (χ0v) is 17.1. The van der Waals surface area contributed by atoms with Gasteiger partial charge in [-0.05, 0) is 40.9 Å². The van der Waals surface area contributed by atoms with Gasteiger partial charge in [0.05, 0.1) is 17.8 Å². The van der Waals surface area contributed by atoms with E-state index < -0.39 is 26.1 Å². The molecule has 0 radical (unpaired) electrons. The predicted molar refractivity (Wildman–Crippen MR) is 95.5 cm³/mol. The molecule has 0 saturated carbocycles. The summed E-state index contributed by atoms with van der Waals surface area (Å²) in [6.07, 6.45) is 2.18. The summed E-state index contributed by atoms with van der Waals surface area (Å²) in [4.78, 5) is -0.0515. The van der Waals surface area contributed by atoms with Crippen molar-refractivity contribution in [3.63, 3.8) is 0 Å². The number of rotatable bonds is 5. The lowest BCUT2D eigenvalue weighted by Gasteiger charge is -2.32. The van der Waals surface area contributed by atoms with E-state index in [2.05, 4.69) is 20.7 Å². The molecule has 1 aromatic carbocycles. The van der Waals surface area contributed by atoms with Gasteiger partial charge in [-0.1, -0.05) is 11.6 Å². The van der Waals surface area contributed by atoms with Crippen LogP contribution in [0, 0.1) is 0 Å². The molecule has 0 bridgehead atoms. The van der Waals surface area contributed by atoms with Crippen molar-refractivity contribution in [3.8, 4) is 5.75 Å². The van der Waals surface area contributed by atoms with Crippen molar-refractivity contribution in [1.82, 2.24) is 9.03 Å². The van der Waals surface area contributed by atoms with Crippen LogP contribution in [-0.2, 0) is 20.0 Å². The van der Waals surface area contributed by atoms with Gasteiger partial charge in [0.15, 0.2) is 5.75 Å². The second kappa shape index (κ2) is 7.46. The number of nitrogens with zero attached hydrogens (tertiary/aromatic N) is 1. The van der Waals surface area contributed by atoms with Crippen molar-refractivity contribution < 1.29 is 21.6 Å². The summed E-state index contributed by atoms with van der Waals surface area (Å²) >= 11 is 9.22. The first kappa shape index (κ1) is 19.9. The van der Waals surface area contributed by atoms with Crippen LogP contribution in [0.15, 0.2) is 21.5 Å². The lowest BCUT2D eigenvalue weighted by molar-refractivity contribution is 0.302. The number of hydrogen-bond donors (Lipinski definition) is 1. The Hall–Kier alpha value is -0.390. The highest BCUT2D eigenvalue weighted by Crippen LogP contribution is 2.37. The van der Waals surface area contributed by atoms with E-state index in [1.165, 1.54) is 17.5 Å². The fraction of sp³-hybridized carbons (Fsp3) is 0.538. The Morgan fingerprint density at radius 3 is 2.58 bits per heavy atom. The normalized spacial score (nSPS) is 20.1. The molecule has 1 atom stereocenters. The maximum Gasteiger partial charge on any atom is 0.246 e. The quantitative estimate of drug-likeness (QED) is 0.722. The Labute approximate surface area is 155 Å². The van der Waals surface area contributed by atoms with Crippen molar-refractivity contribution >= 4 is 47.6 Å². The van der Waals surface area contributed by atoms with Crippen LogP contribution in [0.25, 0.3) is 0 Å². The smallest absolute Gasteiger partial charge is 0.246 e. The van der Waals surface area contributed by atoms with Crippen LogP contribution >= 0.6 is 27.5 Å². The van der Waals surface area contributed by atoms with Gasteiger partial charge in [-0.25, -0.2) is 21.6 Å². The van der Waals surface area contributed by atoms with Gasteiger partial charge in [0.2, 0.25) is 20.0 Å². The number of halogens is 2. The minimum Gasteiger partial charge on any atom is -0.494 e. The highest BCUT2D eigenvalue weighted by Gasteiger charge is 2.34. The molecule has 0 spiro atoms. The number of methoxy groups -OCH3 is 1. The summed E-state index contributed by atoms with van der Waals surface area (Å²) in [5, 5.41) is 0.254. The van der Waals surface area contributed by atoms with Crippen LogP contribution in [0.4, 0.5) is 0 Å². The first-order valence-electron chi connectivity index (χ1n) is 7.05. The molecule has 7 nitrogen and oxygen atoms in total. The van der Waals surface area contributed by atoms with Gasteiger partial charge in [0, 0.05) is 24.2 Å². The molecule has 0 amide bonds. The van der Waals surface area contributed by atoms with Crippen LogP contribution in [0.5, 0.6) is 5.75 Å². The van der Waals surface area contributed by atoms with Gasteiger partial charge < -0.3 is 4.74 Å². The Morgan fingerprint density at radius 2 is 2.00 bits per heavy atom. The highest BCUT2D eigenvalue weighted by atomic mass is 79.9. The largest absolute Gasteiger partial charge is 0.494 e. The van der Waals surface area contributed by atoms with Crippen LogP contribution in [-0.4, -0.2) is 53.6 Å². The first-order valence-corrected chi connectivity index (χ1v) is 11.6. The molecular formula is C13H18BrClN2O5S2. The first-order chi connectivity index (χ1) is 11.0. The Morgan fingerprint density at radius 1 is 1.33 bits per heavy atom. The zero-order valence-electron chi connectivity index (χ0n) is 13.1.